The first-order chi connectivity index (χ1) is 13.9. The van der Waals surface area contributed by atoms with Crippen LogP contribution in [0.1, 0.15) is 18.4 Å². The number of rotatable bonds is 4. The number of hydrogen-bond acceptors (Lipinski definition) is 6. The van der Waals surface area contributed by atoms with Crippen LogP contribution in [-0.4, -0.2) is 62.2 Å². The molecule has 156 valence electrons. The third-order valence-electron chi connectivity index (χ3n) is 5.46. The van der Waals surface area contributed by atoms with Crippen molar-refractivity contribution in [3.05, 3.63) is 39.9 Å². The van der Waals surface area contributed by atoms with Crippen molar-refractivity contribution < 1.29 is 8.42 Å². The van der Waals surface area contributed by atoms with Gasteiger partial charge < -0.3 is 9.80 Å². The lowest BCUT2D eigenvalue weighted by Gasteiger charge is -2.34. The van der Waals surface area contributed by atoms with Gasteiger partial charge >= 0.3 is 0 Å². The lowest BCUT2D eigenvalue weighted by Crippen LogP contribution is -2.49. The van der Waals surface area contributed by atoms with Gasteiger partial charge in [-0.1, -0.05) is 23.2 Å². The highest BCUT2D eigenvalue weighted by Crippen LogP contribution is 2.31. The standard InChI is InChI=1S/C19H23Cl2N5O2S/c1-14-12-17(16(21)13-15(14)20)29(27,28)26-10-8-25(9-11-26)19-5-4-18(22-23-19)24-6-2-3-7-24/h4-5,12-13H,2-3,6-11H2,1H3. The highest BCUT2D eigenvalue weighted by Gasteiger charge is 2.31. The monoisotopic (exact) mass is 455 g/mol. The molecule has 3 heterocycles. The third-order valence-corrected chi connectivity index (χ3v) is 8.23. The Labute approximate surface area is 181 Å². The van der Waals surface area contributed by atoms with E-state index < -0.39 is 10.0 Å². The summed E-state index contributed by atoms with van der Waals surface area (Å²) >= 11 is 12.2. The Kier molecular flexibility index (Phi) is 5.88. The Bertz CT molecular complexity index is 986. The fourth-order valence-corrected chi connectivity index (χ4v) is 5.96. The summed E-state index contributed by atoms with van der Waals surface area (Å²) in [4.78, 5) is 4.39. The molecule has 2 aromatic rings. The molecule has 0 spiro atoms. The van der Waals surface area contributed by atoms with E-state index in [0.29, 0.717) is 36.8 Å². The summed E-state index contributed by atoms with van der Waals surface area (Å²) in [6.07, 6.45) is 2.38. The number of aryl methyl sites for hydroxylation is 1. The second-order valence-electron chi connectivity index (χ2n) is 7.37. The normalized spacial score (nSPS) is 18.4. The average Bonchev–Trinajstić information content (AvgIpc) is 3.26. The number of piperazine rings is 1. The van der Waals surface area contributed by atoms with E-state index in [0.717, 1.165) is 24.7 Å². The molecule has 4 rings (SSSR count). The van der Waals surface area contributed by atoms with Gasteiger partial charge in [0.05, 0.1) is 5.02 Å². The highest BCUT2D eigenvalue weighted by molar-refractivity contribution is 7.89. The van der Waals surface area contributed by atoms with Crippen molar-refractivity contribution in [3.63, 3.8) is 0 Å². The minimum absolute atomic E-state index is 0.101. The van der Waals surface area contributed by atoms with E-state index in [9.17, 15) is 8.42 Å². The molecule has 2 saturated heterocycles. The van der Waals surface area contributed by atoms with Gasteiger partial charge in [-0.25, -0.2) is 8.42 Å². The minimum Gasteiger partial charge on any atom is -0.355 e. The summed E-state index contributed by atoms with van der Waals surface area (Å²) < 4.78 is 27.6. The fraction of sp³-hybridized carbons (Fsp3) is 0.474. The van der Waals surface area contributed by atoms with Crippen molar-refractivity contribution in [2.75, 3.05) is 49.1 Å². The van der Waals surface area contributed by atoms with Crippen LogP contribution >= 0.6 is 23.2 Å². The van der Waals surface area contributed by atoms with Gasteiger partial charge in [-0.05, 0) is 49.6 Å². The maximum atomic E-state index is 13.1. The molecule has 2 aliphatic heterocycles. The molecule has 1 aromatic carbocycles. The Hall–Kier alpha value is -1.61. The molecule has 0 atom stereocenters. The SMILES string of the molecule is Cc1cc(S(=O)(=O)N2CCN(c3ccc(N4CCCC4)nn3)CC2)c(Cl)cc1Cl. The molecule has 0 unspecified atom stereocenters. The molecule has 2 fully saturated rings. The van der Waals surface area contributed by atoms with E-state index in [2.05, 4.69) is 20.0 Å². The van der Waals surface area contributed by atoms with Crippen molar-refractivity contribution >= 4 is 44.9 Å². The van der Waals surface area contributed by atoms with E-state index in [1.807, 2.05) is 12.1 Å². The highest BCUT2D eigenvalue weighted by atomic mass is 35.5. The Balaban J connectivity index is 1.44. The van der Waals surface area contributed by atoms with Crippen LogP contribution in [0, 0.1) is 6.92 Å². The molecule has 10 heteroatoms. The van der Waals surface area contributed by atoms with Gasteiger partial charge in [-0.3, -0.25) is 0 Å². The largest absolute Gasteiger partial charge is 0.355 e. The summed E-state index contributed by atoms with van der Waals surface area (Å²) in [7, 11) is -3.68. The quantitative estimate of drug-likeness (QED) is 0.704. The van der Waals surface area contributed by atoms with Gasteiger partial charge in [0.25, 0.3) is 0 Å². The minimum atomic E-state index is -3.68. The van der Waals surface area contributed by atoms with Crippen LogP contribution in [0.3, 0.4) is 0 Å². The van der Waals surface area contributed by atoms with E-state index in [1.54, 1.807) is 6.92 Å². The smallest absolute Gasteiger partial charge is 0.244 e. The number of nitrogens with zero attached hydrogens (tertiary/aromatic N) is 5. The van der Waals surface area contributed by atoms with Crippen LogP contribution in [-0.2, 0) is 10.0 Å². The molecule has 0 N–H and O–H groups in total. The van der Waals surface area contributed by atoms with Crippen molar-refractivity contribution in [1.29, 1.82) is 0 Å². The Morgan fingerprint density at radius 1 is 0.828 bits per heavy atom. The predicted octanol–water partition coefficient (Wildman–Crippen LogP) is 3.20. The fourth-order valence-electron chi connectivity index (χ4n) is 3.73. The molecule has 0 radical (unpaired) electrons. The zero-order chi connectivity index (χ0) is 20.6. The number of halogens is 2. The zero-order valence-electron chi connectivity index (χ0n) is 16.2. The maximum Gasteiger partial charge on any atom is 0.244 e. The van der Waals surface area contributed by atoms with Crippen LogP contribution in [0.4, 0.5) is 11.6 Å². The van der Waals surface area contributed by atoms with Crippen LogP contribution in [0.25, 0.3) is 0 Å². The van der Waals surface area contributed by atoms with Crippen molar-refractivity contribution in [3.8, 4) is 0 Å². The molecule has 0 bridgehead atoms. The summed E-state index contributed by atoms with van der Waals surface area (Å²) in [5, 5.41) is 9.31. The van der Waals surface area contributed by atoms with Crippen molar-refractivity contribution in [1.82, 2.24) is 14.5 Å². The van der Waals surface area contributed by atoms with Crippen LogP contribution in [0.15, 0.2) is 29.2 Å². The second kappa shape index (κ2) is 8.26. The second-order valence-corrected chi connectivity index (χ2v) is 10.1. The lowest BCUT2D eigenvalue weighted by molar-refractivity contribution is 0.383. The first-order valence-corrected chi connectivity index (χ1v) is 11.9. The van der Waals surface area contributed by atoms with Crippen molar-refractivity contribution in [2.45, 2.75) is 24.7 Å². The van der Waals surface area contributed by atoms with Crippen LogP contribution in [0.2, 0.25) is 10.0 Å². The van der Waals surface area contributed by atoms with Crippen LogP contribution in [0.5, 0.6) is 0 Å². The molecule has 1 aromatic heterocycles. The molecule has 7 nitrogen and oxygen atoms in total. The van der Waals surface area contributed by atoms with E-state index in [1.165, 1.54) is 29.3 Å². The number of sulfonamides is 1. The third kappa shape index (κ3) is 4.17. The zero-order valence-corrected chi connectivity index (χ0v) is 18.5. The molecule has 0 saturated carbocycles. The molecule has 29 heavy (non-hydrogen) atoms. The van der Waals surface area contributed by atoms with E-state index >= 15 is 0 Å². The first kappa shape index (κ1) is 20.7. The van der Waals surface area contributed by atoms with Gasteiger partial charge in [0.1, 0.15) is 4.90 Å². The number of benzene rings is 1. The lowest BCUT2D eigenvalue weighted by atomic mass is 10.2. The summed E-state index contributed by atoms with van der Waals surface area (Å²) in [5.41, 5.74) is 0.682. The molecule has 0 amide bonds. The molecule has 0 aliphatic carbocycles. The van der Waals surface area contributed by atoms with E-state index in [4.69, 9.17) is 23.2 Å². The molecule has 2 aliphatic rings. The first-order valence-electron chi connectivity index (χ1n) is 9.66. The summed E-state index contributed by atoms with van der Waals surface area (Å²) in [5.74, 6) is 1.67. The number of anilines is 2. The Morgan fingerprint density at radius 3 is 1.93 bits per heavy atom. The van der Waals surface area contributed by atoms with Gasteiger partial charge in [0.2, 0.25) is 10.0 Å². The number of aromatic nitrogens is 2. The summed E-state index contributed by atoms with van der Waals surface area (Å²) in [6.45, 7) is 5.61. The van der Waals surface area contributed by atoms with Gasteiger partial charge in [0, 0.05) is 44.3 Å². The Morgan fingerprint density at radius 2 is 1.38 bits per heavy atom. The van der Waals surface area contributed by atoms with Gasteiger partial charge in [-0.15, -0.1) is 10.2 Å². The van der Waals surface area contributed by atoms with E-state index in [-0.39, 0.29) is 9.92 Å². The van der Waals surface area contributed by atoms with Gasteiger partial charge in [0.15, 0.2) is 11.6 Å². The topological polar surface area (TPSA) is 69.6 Å². The summed E-state index contributed by atoms with van der Waals surface area (Å²) in [6, 6.07) is 6.98. The predicted molar refractivity (Wildman–Crippen MR) is 116 cm³/mol. The van der Waals surface area contributed by atoms with Crippen molar-refractivity contribution in [2.24, 2.45) is 0 Å². The molecular formula is C19H23Cl2N5O2S. The maximum absolute atomic E-state index is 13.1. The number of hydrogen-bond donors (Lipinski definition) is 0. The average molecular weight is 456 g/mol. The molecular weight excluding hydrogens is 433 g/mol. The van der Waals surface area contributed by atoms with Crippen LogP contribution < -0.4 is 9.80 Å². The van der Waals surface area contributed by atoms with Gasteiger partial charge in [-0.2, -0.15) is 4.31 Å².